The molecule has 1 aromatic carbocycles. The maximum absolute atomic E-state index is 5.74. The fraction of sp³-hybridized carbons (Fsp3) is 0.231. The maximum atomic E-state index is 5.74. The number of hydrogen-bond acceptors (Lipinski definition) is 4. The Labute approximate surface area is 114 Å². The molecule has 2 aromatic rings. The molecule has 0 spiro atoms. The van der Waals surface area contributed by atoms with Gasteiger partial charge in [0.15, 0.2) is 5.82 Å². The third-order valence-electron chi connectivity index (χ3n) is 2.49. The van der Waals surface area contributed by atoms with E-state index < -0.39 is 0 Å². The predicted octanol–water partition coefficient (Wildman–Crippen LogP) is 3.74. The van der Waals surface area contributed by atoms with Crippen molar-refractivity contribution in [3.05, 3.63) is 40.6 Å². The quantitative estimate of drug-likeness (QED) is 0.938. The first-order chi connectivity index (χ1) is 8.58. The van der Waals surface area contributed by atoms with E-state index in [2.05, 4.69) is 39.7 Å². The molecule has 0 aliphatic heterocycles. The van der Waals surface area contributed by atoms with Crippen LogP contribution in [0, 0.1) is 0 Å². The van der Waals surface area contributed by atoms with E-state index in [0.717, 1.165) is 15.8 Å². The van der Waals surface area contributed by atoms with E-state index in [1.165, 1.54) is 6.20 Å². The molecule has 1 aromatic heterocycles. The maximum Gasteiger partial charge on any atom is 0.262 e. The average molecular weight is 308 g/mol. The van der Waals surface area contributed by atoms with Gasteiger partial charge in [-0.2, -0.15) is 0 Å². The molecule has 4 nitrogen and oxygen atoms in total. The minimum Gasteiger partial charge on any atom is -0.436 e. The average Bonchev–Trinajstić information content (AvgIpc) is 2.34. The molecular weight excluding hydrogens is 294 g/mol. The molecule has 0 saturated carbocycles. The van der Waals surface area contributed by atoms with Crippen LogP contribution in [0.2, 0.25) is 0 Å². The summed E-state index contributed by atoms with van der Waals surface area (Å²) in [6, 6.07) is 5.86. The van der Waals surface area contributed by atoms with E-state index in [9.17, 15) is 0 Å². The van der Waals surface area contributed by atoms with Crippen molar-refractivity contribution in [3.8, 4) is 11.6 Å². The Hall–Kier alpha value is -1.62. The van der Waals surface area contributed by atoms with E-state index in [-0.39, 0.29) is 5.82 Å². The zero-order valence-electron chi connectivity index (χ0n) is 10.2. The van der Waals surface area contributed by atoms with Crippen LogP contribution < -0.4 is 10.5 Å². The van der Waals surface area contributed by atoms with Crippen molar-refractivity contribution in [2.24, 2.45) is 0 Å². The lowest BCUT2D eigenvalue weighted by molar-refractivity contribution is 0.454. The monoisotopic (exact) mass is 307 g/mol. The SMILES string of the molecule is CC(C)c1cc(Br)ccc1Oc1nccnc1N. The molecule has 0 atom stereocenters. The van der Waals surface area contributed by atoms with E-state index in [4.69, 9.17) is 10.5 Å². The highest BCUT2D eigenvalue weighted by molar-refractivity contribution is 9.10. The van der Waals surface area contributed by atoms with Gasteiger partial charge in [-0.05, 0) is 29.7 Å². The van der Waals surface area contributed by atoms with E-state index in [0.29, 0.717) is 11.8 Å². The number of nitrogen functional groups attached to an aromatic ring is 1. The topological polar surface area (TPSA) is 61.0 Å². The summed E-state index contributed by atoms with van der Waals surface area (Å²) in [5, 5.41) is 0. The molecule has 0 fully saturated rings. The number of benzene rings is 1. The summed E-state index contributed by atoms with van der Waals surface area (Å²) in [7, 11) is 0. The third-order valence-corrected chi connectivity index (χ3v) is 2.98. The second kappa shape index (κ2) is 5.35. The van der Waals surface area contributed by atoms with Crippen molar-refractivity contribution >= 4 is 21.7 Å². The smallest absolute Gasteiger partial charge is 0.262 e. The number of ether oxygens (including phenoxy) is 1. The van der Waals surface area contributed by atoms with Crippen molar-refractivity contribution in [1.82, 2.24) is 9.97 Å². The molecule has 1 heterocycles. The number of anilines is 1. The summed E-state index contributed by atoms with van der Waals surface area (Å²) in [6.07, 6.45) is 3.09. The van der Waals surface area contributed by atoms with Gasteiger partial charge in [0.1, 0.15) is 5.75 Å². The summed E-state index contributed by atoms with van der Waals surface area (Å²) in [4.78, 5) is 8.02. The van der Waals surface area contributed by atoms with Gasteiger partial charge in [0.2, 0.25) is 0 Å². The molecular formula is C13H14BrN3O. The molecule has 5 heteroatoms. The number of nitrogens with two attached hydrogens (primary N) is 1. The van der Waals surface area contributed by atoms with Crippen LogP contribution in [0.25, 0.3) is 0 Å². The number of nitrogens with zero attached hydrogens (tertiary/aromatic N) is 2. The fourth-order valence-corrected chi connectivity index (χ4v) is 1.96. The van der Waals surface area contributed by atoms with Crippen LogP contribution in [0.1, 0.15) is 25.3 Å². The molecule has 18 heavy (non-hydrogen) atoms. The number of rotatable bonds is 3. The Bertz CT molecular complexity index is 558. The Morgan fingerprint density at radius 1 is 1.22 bits per heavy atom. The van der Waals surface area contributed by atoms with E-state index in [1.54, 1.807) is 6.20 Å². The van der Waals surface area contributed by atoms with Gasteiger partial charge in [-0.1, -0.05) is 29.8 Å². The van der Waals surface area contributed by atoms with Gasteiger partial charge in [-0.3, -0.25) is 0 Å². The lowest BCUT2D eigenvalue weighted by Gasteiger charge is -2.14. The first kappa shape index (κ1) is 12.8. The minimum atomic E-state index is 0.287. The molecule has 2 rings (SSSR count). The minimum absolute atomic E-state index is 0.287. The first-order valence-electron chi connectivity index (χ1n) is 5.61. The van der Waals surface area contributed by atoms with E-state index in [1.807, 2.05) is 18.2 Å². The molecule has 0 aliphatic carbocycles. The summed E-state index contributed by atoms with van der Waals surface area (Å²) in [5.74, 6) is 1.72. The van der Waals surface area contributed by atoms with Gasteiger partial charge >= 0.3 is 0 Å². The van der Waals surface area contributed by atoms with Crippen LogP contribution in [-0.2, 0) is 0 Å². The van der Waals surface area contributed by atoms with Crippen LogP contribution in [0.4, 0.5) is 5.82 Å². The highest BCUT2D eigenvalue weighted by Gasteiger charge is 2.11. The summed E-state index contributed by atoms with van der Waals surface area (Å²) in [5.41, 5.74) is 6.81. The molecule has 0 amide bonds. The zero-order valence-corrected chi connectivity index (χ0v) is 11.8. The Kier molecular flexibility index (Phi) is 3.81. The Morgan fingerprint density at radius 2 is 1.94 bits per heavy atom. The van der Waals surface area contributed by atoms with Gasteiger partial charge in [-0.15, -0.1) is 0 Å². The van der Waals surface area contributed by atoms with Crippen molar-refractivity contribution in [2.75, 3.05) is 5.73 Å². The zero-order chi connectivity index (χ0) is 13.1. The highest BCUT2D eigenvalue weighted by Crippen LogP contribution is 2.33. The van der Waals surface area contributed by atoms with Crippen molar-refractivity contribution in [1.29, 1.82) is 0 Å². The van der Waals surface area contributed by atoms with Gasteiger partial charge in [0.25, 0.3) is 5.88 Å². The van der Waals surface area contributed by atoms with Crippen molar-refractivity contribution in [2.45, 2.75) is 19.8 Å². The predicted molar refractivity (Wildman–Crippen MR) is 74.7 cm³/mol. The van der Waals surface area contributed by atoms with Crippen LogP contribution in [0.5, 0.6) is 11.6 Å². The summed E-state index contributed by atoms with van der Waals surface area (Å²) >= 11 is 3.46. The molecule has 94 valence electrons. The fourth-order valence-electron chi connectivity index (χ4n) is 1.58. The highest BCUT2D eigenvalue weighted by atomic mass is 79.9. The summed E-state index contributed by atoms with van der Waals surface area (Å²) < 4.78 is 6.76. The van der Waals surface area contributed by atoms with Gasteiger partial charge in [0.05, 0.1) is 0 Å². The third kappa shape index (κ3) is 2.79. The lowest BCUT2D eigenvalue weighted by Crippen LogP contribution is -2.00. The Balaban J connectivity index is 2.37. The number of hydrogen-bond donors (Lipinski definition) is 1. The molecule has 0 radical (unpaired) electrons. The largest absolute Gasteiger partial charge is 0.436 e. The van der Waals surface area contributed by atoms with Crippen molar-refractivity contribution in [3.63, 3.8) is 0 Å². The van der Waals surface area contributed by atoms with Gasteiger partial charge in [0, 0.05) is 16.9 Å². The number of halogens is 1. The number of aromatic nitrogens is 2. The Morgan fingerprint density at radius 3 is 2.61 bits per heavy atom. The van der Waals surface area contributed by atoms with Gasteiger partial charge in [-0.25, -0.2) is 9.97 Å². The van der Waals surface area contributed by atoms with Crippen LogP contribution in [-0.4, -0.2) is 9.97 Å². The normalized spacial score (nSPS) is 10.7. The van der Waals surface area contributed by atoms with Crippen LogP contribution in [0.3, 0.4) is 0 Å². The molecule has 0 aliphatic rings. The molecule has 0 unspecified atom stereocenters. The van der Waals surface area contributed by atoms with Crippen LogP contribution >= 0.6 is 15.9 Å². The molecule has 2 N–H and O–H groups in total. The summed E-state index contributed by atoms with van der Waals surface area (Å²) in [6.45, 7) is 4.21. The molecule has 0 bridgehead atoms. The van der Waals surface area contributed by atoms with Crippen molar-refractivity contribution < 1.29 is 4.74 Å². The van der Waals surface area contributed by atoms with Crippen LogP contribution in [0.15, 0.2) is 35.1 Å². The van der Waals surface area contributed by atoms with E-state index >= 15 is 0 Å². The second-order valence-corrected chi connectivity index (χ2v) is 5.10. The van der Waals surface area contributed by atoms with Gasteiger partial charge < -0.3 is 10.5 Å². The standard InChI is InChI=1S/C13H14BrN3O/c1-8(2)10-7-9(14)3-4-11(10)18-13-12(15)16-5-6-17-13/h3-8H,1-2H3,(H2,15,16). The second-order valence-electron chi connectivity index (χ2n) is 4.19. The molecule has 0 saturated heterocycles. The lowest BCUT2D eigenvalue weighted by atomic mass is 10.0. The first-order valence-corrected chi connectivity index (χ1v) is 6.41.